The van der Waals surface area contributed by atoms with Gasteiger partial charge in [-0.2, -0.15) is 10.1 Å². The molecule has 10 heteroatoms. The molecule has 31 heavy (non-hydrogen) atoms. The monoisotopic (exact) mass is 475 g/mol. The summed E-state index contributed by atoms with van der Waals surface area (Å²) < 4.78 is 5.77. The zero-order valence-corrected chi connectivity index (χ0v) is 18.1. The van der Waals surface area contributed by atoms with E-state index in [4.69, 9.17) is 39.2 Å². The number of hydrogen-bond donors (Lipinski definition) is 0. The number of hydrogen-bond acceptors (Lipinski definition) is 5. The molecule has 1 aliphatic heterocycles. The molecule has 4 rings (SSSR count). The Hall–Kier alpha value is -3.13. The van der Waals surface area contributed by atoms with E-state index in [0.717, 1.165) is 0 Å². The number of amides is 1. The number of hydrazone groups is 1. The van der Waals surface area contributed by atoms with Crippen LogP contribution in [-0.4, -0.2) is 16.5 Å². The quantitative estimate of drug-likeness (QED) is 0.240. The molecule has 0 unspecified atom stereocenters. The number of carbonyl (C=O) groups is 1. The van der Waals surface area contributed by atoms with Gasteiger partial charge in [0.25, 0.3) is 11.6 Å². The third-order valence-corrected chi connectivity index (χ3v) is 5.26. The van der Waals surface area contributed by atoms with Crippen molar-refractivity contribution in [2.75, 3.05) is 5.01 Å². The van der Waals surface area contributed by atoms with E-state index < -0.39 is 4.92 Å². The molecule has 1 aromatic heterocycles. The van der Waals surface area contributed by atoms with Gasteiger partial charge in [-0.3, -0.25) is 14.9 Å². The summed E-state index contributed by atoms with van der Waals surface area (Å²) in [6, 6.07) is 12.1. The predicted molar refractivity (Wildman–Crippen MR) is 121 cm³/mol. The average Bonchev–Trinajstić information content (AvgIpc) is 3.27. The molecule has 3 aromatic rings. The topological polar surface area (TPSA) is 89.0 Å². The van der Waals surface area contributed by atoms with Crippen LogP contribution >= 0.6 is 34.8 Å². The van der Waals surface area contributed by atoms with Gasteiger partial charge in [0.1, 0.15) is 11.5 Å². The lowest BCUT2D eigenvalue weighted by atomic mass is 10.1. The van der Waals surface area contributed by atoms with Crippen molar-refractivity contribution in [3.63, 3.8) is 0 Å². The van der Waals surface area contributed by atoms with E-state index in [-0.39, 0.29) is 11.6 Å². The molecule has 2 aromatic carbocycles. The van der Waals surface area contributed by atoms with Gasteiger partial charge in [-0.25, -0.2) is 0 Å². The highest BCUT2D eigenvalue weighted by Gasteiger charge is 2.29. The summed E-state index contributed by atoms with van der Waals surface area (Å²) in [5.41, 5.74) is 1.50. The summed E-state index contributed by atoms with van der Waals surface area (Å²) in [6.07, 6.45) is 1.54. The molecule has 0 radical (unpaired) electrons. The fraction of sp³-hybridized carbons (Fsp3) is 0.0476. The smallest absolute Gasteiger partial charge is 0.280 e. The number of non-ortho nitro benzene ring substituents is 1. The first-order valence-electron chi connectivity index (χ1n) is 8.85. The summed E-state index contributed by atoms with van der Waals surface area (Å²) in [5.74, 6) is 0.322. The average molecular weight is 477 g/mol. The maximum atomic E-state index is 12.9. The summed E-state index contributed by atoms with van der Waals surface area (Å²) >= 11 is 18.2. The van der Waals surface area contributed by atoms with Crippen LogP contribution in [0.15, 0.2) is 63.6 Å². The second kappa shape index (κ2) is 8.19. The highest BCUT2D eigenvalue weighted by atomic mass is 35.5. The Morgan fingerprint density at radius 1 is 1.06 bits per heavy atom. The lowest BCUT2D eigenvalue weighted by molar-refractivity contribution is -0.384. The fourth-order valence-corrected chi connectivity index (χ4v) is 3.78. The molecule has 7 nitrogen and oxygen atoms in total. The van der Waals surface area contributed by atoms with Crippen molar-refractivity contribution in [3.05, 3.63) is 85.0 Å². The van der Waals surface area contributed by atoms with E-state index in [1.807, 2.05) is 0 Å². The second-order valence-electron chi connectivity index (χ2n) is 6.61. The largest absolute Gasteiger partial charge is 0.457 e. The number of nitro groups is 1. The molecule has 0 bridgehead atoms. The third-order valence-electron chi connectivity index (χ3n) is 4.49. The van der Waals surface area contributed by atoms with E-state index in [9.17, 15) is 14.9 Å². The van der Waals surface area contributed by atoms with Gasteiger partial charge in [0.05, 0.1) is 26.9 Å². The molecule has 0 atom stereocenters. The van der Waals surface area contributed by atoms with Crippen molar-refractivity contribution in [2.24, 2.45) is 5.10 Å². The Bertz CT molecular complexity index is 1280. The molecular weight excluding hydrogens is 465 g/mol. The van der Waals surface area contributed by atoms with Crippen LogP contribution in [0.5, 0.6) is 0 Å². The fourth-order valence-electron chi connectivity index (χ4n) is 3.05. The van der Waals surface area contributed by atoms with Gasteiger partial charge in [0, 0.05) is 27.7 Å². The van der Waals surface area contributed by atoms with Gasteiger partial charge in [0.2, 0.25) is 0 Å². The van der Waals surface area contributed by atoms with Crippen LogP contribution in [0.2, 0.25) is 15.1 Å². The number of nitro benzene ring substituents is 1. The standard InChI is InChI=1S/C21H12Cl3N3O4/c1-11-17(21(28)26(25-11)15-7-12(22)6-13(23)8-15)10-16-3-5-20(31-16)18-9-14(27(29)30)2-4-19(18)24/h2-10H,1H3/b17-10+. The first kappa shape index (κ1) is 21.1. The molecule has 156 valence electrons. The zero-order chi connectivity index (χ0) is 22.3. The van der Waals surface area contributed by atoms with Gasteiger partial charge in [-0.15, -0.1) is 0 Å². The van der Waals surface area contributed by atoms with Crippen LogP contribution in [0.1, 0.15) is 12.7 Å². The van der Waals surface area contributed by atoms with Crippen molar-refractivity contribution in [1.82, 2.24) is 0 Å². The molecule has 0 saturated heterocycles. The molecule has 1 aliphatic rings. The minimum Gasteiger partial charge on any atom is -0.457 e. The predicted octanol–water partition coefficient (Wildman–Crippen LogP) is 6.62. The van der Waals surface area contributed by atoms with Gasteiger partial charge >= 0.3 is 0 Å². The Kier molecular flexibility index (Phi) is 5.58. The van der Waals surface area contributed by atoms with Crippen molar-refractivity contribution < 1.29 is 14.1 Å². The van der Waals surface area contributed by atoms with Crippen molar-refractivity contribution in [1.29, 1.82) is 0 Å². The normalized spacial score (nSPS) is 15.0. The Labute approximate surface area is 191 Å². The zero-order valence-electron chi connectivity index (χ0n) is 15.8. The molecule has 0 aliphatic carbocycles. The van der Waals surface area contributed by atoms with E-state index in [0.29, 0.717) is 49.1 Å². The van der Waals surface area contributed by atoms with Crippen LogP contribution in [0.3, 0.4) is 0 Å². The molecule has 2 heterocycles. The minimum atomic E-state index is -0.515. The van der Waals surface area contributed by atoms with Crippen LogP contribution in [-0.2, 0) is 4.79 Å². The molecule has 0 N–H and O–H groups in total. The molecule has 0 spiro atoms. The number of halogens is 3. The van der Waals surface area contributed by atoms with Crippen molar-refractivity contribution in [3.8, 4) is 11.3 Å². The summed E-state index contributed by atoms with van der Waals surface area (Å²) in [5, 5.41) is 17.6. The van der Waals surface area contributed by atoms with Gasteiger partial charge in [-0.1, -0.05) is 34.8 Å². The van der Waals surface area contributed by atoms with Gasteiger partial charge in [0.15, 0.2) is 0 Å². The first-order valence-corrected chi connectivity index (χ1v) is 9.98. The maximum absolute atomic E-state index is 12.9. The number of furan rings is 1. The summed E-state index contributed by atoms with van der Waals surface area (Å²) in [7, 11) is 0. The Balaban J connectivity index is 1.66. The lowest BCUT2D eigenvalue weighted by Gasteiger charge is -2.12. The number of carbonyl (C=O) groups excluding carboxylic acids is 1. The van der Waals surface area contributed by atoms with Crippen LogP contribution in [0.4, 0.5) is 11.4 Å². The molecule has 0 fully saturated rings. The lowest BCUT2D eigenvalue weighted by Crippen LogP contribution is -2.21. The van der Waals surface area contributed by atoms with Crippen LogP contribution < -0.4 is 5.01 Å². The van der Waals surface area contributed by atoms with E-state index >= 15 is 0 Å². The molecule has 1 amide bonds. The van der Waals surface area contributed by atoms with E-state index in [1.165, 1.54) is 23.2 Å². The minimum absolute atomic E-state index is 0.111. The number of anilines is 1. The summed E-state index contributed by atoms with van der Waals surface area (Å²) in [6.45, 7) is 1.69. The van der Waals surface area contributed by atoms with Gasteiger partial charge < -0.3 is 4.42 Å². The molecule has 0 saturated carbocycles. The number of nitrogens with zero attached hydrogens (tertiary/aromatic N) is 3. The third kappa shape index (κ3) is 4.20. The SMILES string of the molecule is CC1=NN(c2cc(Cl)cc(Cl)c2)C(=O)/C1=C/c1ccc(-c2cc([N+](=O)[O-])ccc2Cl)o1. The van der Waals surface area contributed by atoms with Crippen LogP contribution in [0.25, 0.3) is 17.4 Å². The van der Waals surface area contributed by atoms with Gasteiger partial charge in [-0.05, 0) is 49.4 Å². The van der Waals surface area contributed by atoms with E-state index in [1.54, 1.807) is 43.3 Å². The summed E-state index contributed by atoms with van der Waals surface area (Å²) in [4.78, 5) is 23.4. The Morgan fingerprint density at radius 3 is 2.45 bits per heavy atom. The highest BCUT2D eigenvalue weighted by molar-refractivity contribution is 6.36. The number of benzene rings is 2. The first-order chi connectivity index (χ1) is 14.7. The number of rotatable bonds is 4. The Morgan fingerprint density at radius 2 is 1.77 bits per heavy atom. The second-order valence-corrected chi connectivity index (χ2v) is 7.89. The highest BCUT2D eigenvalue weighted by Crippen LogP contribution is 2.34. The van der Waals surface area contributed by atoms with Crippen LogP contribution in [0, 0.1) is 10.1 Å². The molecular formula is C21H12Cl3N3O4. The maximum Gasteiger partial charge on any atom is 0.280 e. The van der Waals surface area contributed by atoms with E-state index in [2.05, 4.69) is 5.10 Å². The van der Waals surface area contributed by atoms with Crippen molar-refractivity contribution in [2.45, 2.75) is 6.92 Å². The van der Waals surface area contributed by atoms with Crippen molar-refractivity contribution >= 4 is 63.9 Å².